The molecule has 31 heavy (non-hydrogen) atoms. The second kappa shape index (κ2) is 15.1. The monoisotopic (exact) mass is 455 g/mol. The van der Waals surface area contributed by atoms with Gasteiger partial charge >= 0.3 is 11.9 Å². The fourth-order valence-corrected chi connectivity index (χ4v) is 3.29. The average Bonchev–Trinajstić information content (AvgIpc) is 2.73. The third kappa shape index (κ3) is 12.5. The summed E-state index contributed by atoms with van der Waals surface area (Å²) in [5.74, 6) is -2.76. The summed E-state index contributed by atoms with van der Waals surface area (Å²) in [6.45, 7) is 4.59. The van der Waals surface area contributed by atoms with Crippen molar-refractivity contribution in [2.75, 3.05) is 32.5 Å². The van der Waals surface area contributed by atoms with E-state index in [1.807, 2.05) is 18.4 Å². The number of ether oxygens (including phenoxy) is 1. The summed E-state index contributed by atoms with van der Waals surface area (Å²) in [6.07, 6.45) is 7.54. The number of nitrogens with zero attached hydrogens (tertiary/aromatic N) is 2. The second-order valence-electron chi connectivity index (χ2n) is 6.71. The van der Waals surface area contributed by atoms with E-state index in [9.17, 15) is 10.1 Å². The average molecular weight is 456 g/mol. The van der Waals surface area contributed by atoms with Gasteiger partial charge in [0.1, 0.15) is 10.8 Å². The van der Waals surface area contributed by atoms with Crippen molar-refractivity contribution in [2.45, 2.75) is 32.2 Å². The lowest BCUT2D eigenvalue weighted by atomic mass is 10.1. The fourth-order valence-electron chi connectivity index (χ4n) is 2.85. The lowest BCUT2D eigenvalue weighted by Gasteiger charge is -2.26. The normalized spacial score (nSPS) is 14.2. The van der Waals surface area contributed by atoms with Crippen molar-refractivity contribution in [1.29, 1.82) is 0 Å². The number of hydrogen-bond acceptors (Lipinski definition) is 8. The van der Waals surface area contributed by atoms with Gasteiger partial charge in [0.05, 0.1) is 11.5 Å². The maximum absolute atomic E-state index is 10.5. The Morgan fingerprint density at radius 2 is 1.94 bits per heavy atom. The molecule has 0 saturated carbocycles. The summed E-state index contributed by atoms with van der Waals surface area (Å²) in [5, 5.41) is 28.9. The third-order valence-electron chi connectivity index (χ3n) is 4.27. The van der Waals surface area contributed by atoms with Crippen LogP contribution in [0, 0.1) is 10.1 Å². The molecule has 0 aliphatic carbocycles. The molecule has 1 saturated heterocycles. The Hall–Kier alpha value is -2.79. The number of carbonyl (C=O) groups is 2. The molecule has 0 spiro atoms. The van der Waals surface area contributed by atoms with Gasteiger partial charge in [-0.2, -0.15) is 0 Å². The van der Waals surface area contributed by atoms with Gasteiger partial charge in [-0.1, -0.05) is 18.6 Å². The van der Waals surface area contributed by atoms with Crippen LogP contribution in [0.5, 0.6) is 5.75 Å². The summed E-state index contributed by atoms with van der Waals surface area (Å²) in [6, 6.07) is 8.28. The third-order valence-corrected chi connectivity index (χ3v) is 4.96. The quantitative estimate of drug-likeness (QED) is 0.208. The zero-order chi connectivity index (χ0) is 23.1. The van der Waals surface area contributed by atoms with Crippen LogP contribution in [0.4, 0.5) is 0 Å². The Morgan fingerprint density at radius 3 is 2.52 bits per heavy atom. The Morgan fingerprint density at radius 1 is 1.26 bits per heavy atom. The molecule has 172 valence electrons. The highest BCUT2D eigenvalue weighted by Gasteiger charge is 2.10. The number of aliphatic carboxylic acids is 2. The largest absolute Gasteiger partial charge is 0.494 e. The van der Waals surface area contributed by atoms with Gasteiger partial charge in [0, 0.05) is 13.1 Å². The first-order valence-electron chi connectivity index (χ1n) is 9.85. The van der Waals surface area contributed by atoms with Crippen LogP contribution in [0.1, 0.15) is 31.2 Å². The van der Waals surface area contributed by atoms with Gasteiger partial charge in [-0.3, -0.25) is 15.0 Å². The number of rotatable bonds is 10. The van der Waals surface area contributed by atoms with E-state index in [-0.39, 0.29) is 0 Å². The number of carboxylic acid groups (broad SMARTS) is 2. The number of piperidine rings is 1. The molecule has 0 radical (unpaired) electrons. The molecule has 3 N–H and O–H groups in total. The van der Waals surface area contributed by atoms with Gasteiger partial charge in [-0.05, 0) is 56.3 Å². The minimum absolute atomic E-state index is 0.441. The van der Waals surface area contributed by atoms with Gasteiger partial charge in [-0.15, -0.1) is 11.8 Å². The molecular formula is C20H29N3O7S. The van der Waals surface area contributed by atoms with Crippen LogP contribution < -0.4 is 10.1 Å². The maximum atomic E-state index is 10.5. The summed E-state index contributed by atoms with van der Waals surface area (Å²) in [7, 11) is 0. The highest BCUT2D eigenvalue weighted by atomic mass is 32.2. The van der Waals surface area contributed by atoms with Crippen LogP contribution in [0.15, 0.2) is 35.5 Å². The fraction of sp³-hybridized carbons (Fsp3) is 0.500. The molecule has 1 aromatic carbocycles. The molecule has 1 aromatic rings. The van der Waals surface area contributed by atoms with Gasteiger partial charge in [-0.25, -0.2) is 9.59 Å². The number of nitro groups is 1. The van der Waals surface area contributed by atoms with E-state index < -0.39 is 16.9 Å². The molecule has 1 fully saturated rings. The van der Waals surface area contributed by atoms with Crippen molar-refractivity contribution in [3.05, 3.63) is 51.2 Å². The zero-order valence-corrected chi connectivity index (χ0v) is 18.3. The van der Waals surface area contributed by atoms with Gasteiger partial charge in [0.25, 0.3) is 6.20 Å². The second-order valence-corrected chi connectivity index (χ2v) is 7.55. The summed E-state index contributed by atoms with van der Waals surface area (Å²) in [5.41, 5.74) is 1.29. The molecule has 2 rings (SSSR count). The molecule has 1 aliphatic heterocycles. The minimum atomic E-state index is -1.82. The van der Waals surface area contributed by atoms with Crippen molar-refractivity contribution in [3.8, 4) is 5.75 Å². The highest BCUT2D eigenvalue weighted by Crippen LogP contribution is 2.17. The SMILES string of the molecule is CSC(=C[N+](=O)[O-])NCCCOc1cccc(CN2CCCCC2)c1.O=C(O)C(=O)O. The van der Waals surface area contributed by atoms with Crippen LogP contribution >= 0.6 is 11.8 Å². The minimum Gasteiger partial charge on any atom is -0.494 e. The summed E-state index contributed by atoms with van der Waals surface area (Å²) in [4.78, 5) is 30.7. The number of carboxylic acids is 2. The standard InChI is InChI=1S/C18H27N3O3S.C2H2O4/c1-25-18(15-21(22)23)19-9-6-12-24-17-8-5-7-16(13-17)14-20-10-3-2-4-11-20;3-1(4)2(5)6/h5,7-8,13,15,19H,2-4,6,9-12,14H2,1H3;(H,3,4)(H,5,6). The van der Waals surface area contributed by atoms with E-state index in [4.69, 9.17) is 24.5 Å². The molecular weight excluding hydrogens is 426 g/mol. The molecule has 0 unspecified atom stereocenters. The zero-order valence-electron chi connectivity index (χ0n) is 17.5. The van der Waals surface area contributed by atoms with E-state index in [0.717, 1.165) is 24.9 Å². The number of likely N-dealkylation sites (tertiary alicyclic amines) is 1. The predicted octanol–water partition coefficient (Wildman–Crippen LogP) is 2.63. The molecule has 0 bridgehead atoms. The number of nitrogens with one attached hydrogen (secondary N) is 1. The Labute approximate surface area is 185 Å². The van der Waals surface area contributed by atoms with Gasteiger partial charge in [0.2, 0.25) is 0 Å². The van der Waals surface area contributed by atoms with Crippen LogP contribution in [-0.4, -0.2) is 64.5 Å². The highest BCUT2D eigenvalue weighted by molar-refractivity contribution is 8.02. The van der Waals surface area contributed by atoms with Crippen LogP contribution in [0.2, 0.25) is 0 Å². The summed E-state index contributed by atoms with van der Waals surface area (Å²) < 4.78 is 5.81. The van der Waals surface area contributed by atoms with E-state index >= 15 is 0 Å². The van der Waals surface area contributed by atoms with E-state index in [1.165, 1.54) is 49.7 Å². The van der Waals surface area contributed by atoms with Gasteiger partial charge in [0.15, 0.2) is 0 Å². The summed E-state index contributed by atoms with van der Waals surface area (Å²) >= 11 is 1.33. The van der Waals surface area contributed by atoms with Crippen molar-refractivity contribution in [2.24, 2.45) is 0 Å². The van der Waals surface area contributed by atoms with Crippen molar-refractivity contribution in [3.63, 3.8) is 0 Å². The number of thioether (sulfide) groups is 1. The Kier molecular flexibility index (Phi) is 12.8. The van der Waals surface area contributed by atoms with Crippen molar-refractivity contribution < 1.29 is 29.5 Å². The first-order chi connectivity index (χ1) is 14.8. The van der Waals surface area contributed by atoms with Crippen molar-refractivity contribution >= 4 is 23.7 Å². The molecule has 0 amide bonds. The van der Waals surface area contributed by atoms with E-state index in [0.29, 0.717) is 18.2 Å². The van der Waals surface area contributed by atoms with Crippen molar-refractivity contribution in [1.82, 2.24) is 10.2 Å². The molecule has 1 heterocycles. The topological polar surface area (TPSA) is 142 Å². The first-order valence-corrected chi connectivity index (χ1v) is 11.1. The molecule has 11 heteroatoms. The first kappa shape index (κ1) is 26.2. The van der Waals surface area contributed by atoms with Crippen LogP contribution in [0.25, 0.3) is 0 Å². The van der Waals surface area contributed by atoms with Crippen LogP contribution in [0.3, 0.4) is 0 Å². The smallest absolute Gasteiger partial charge is 0.414 e. The molecule has 0 aromatic heterocycles. The maximum Gasteiger partial charge on any atom is 0.414 e. The number of hydrogen-bond donors (Lipinski definition) is 3. The van der Waals surface area contributed by atoms with E-state index in [2.05, 4.69) is 22.3 Å². The molecule has 1 aliphatic rings. The van der Waals surface area contributed by atoms with E-state index in [1.54, 1.807) is 0 Å². The lowest BCUT2D eigenvalue weighted by Crippen LogP contribution is -2.29. The Bertz CT molecular complexity index is 740. The molecule has 0 atom stereocenters. The number of benzene rings is 1. The molecule has 10 nitrogen and oxygen atoms in total. The Balaban J connectivity index is 0.000000703. The lowest BCUT2D eigenvalue weighted by molar-refractivity contribution is -0.403. The predicted molar refractivity (Wildman–Crippen MR) is 118 cm³/mol. The van der Waals surface area contributed by atoms with Crippen LogP contribution in [-0.2, 0) is 16.1 Å². The van der Waals surface area contributed by atoms with Gasteiger partial charge < -0.3 is 20.3 Å².